The molecule has 1 heterocycles. The fourth-order valence-corrected chi connectivity index (χ4v) is 39.4. The van der Waals surface area contributed by atoms with Crippen molar-refractivity contribution in [3.8, 4) is 0 Å². The van der Waals surface area contributed by atoms with Crippen LogP contribution in [-0.2, 0) is 0 Å². The van der Waals surface area contributed by atoms with Gasteiger partial charge in [0.1, 0.15) is 0 Å². The summed E-state index contributed by atoms with van der Waals surface area (Å²) in [5.74, 6) is 0. The Morgan fingerprint density at radius 3 is 1.09 bits per heavy atom. The van der Waals surface area contributed by atoms with E-state index in [1.54, 1.807) is 10.4 Å². The number of rotatable bonds is 2. The van der Waals surface area contributed by atoms with E-state index in [-0.39, 0.29) is 0 Å². The largest absolute Gasteiger partial charge is 0.0725 e. The molecule has 2 aromatic carbocycles. The minimum atomic E-state index is -1.44. The summed E-state index contributed by atoms with van der Waals surface area (Å²) >= 11 is 0. The molecule has 0 spiro atoms. The van der Waals surface area contributed by atoms with Crippen molar-refractivity contribution in [3.05, 3.63) is 71.8 Å². The average Bonchev–Trinajstić information content (AvgIpc) is 2.63. The van der Waals surface area contributed by atoms with Gasteiger partial charge in [-0.25, -0.2) is 0 Å². The SMILES string of the molecule is C[Si]1(C)C(c2ccccc2)=C(c2ccccc2)[Si](C)(C)[Si]1(C)C. The van der Waals surface area contributed by atoms with Gasteiger partial charge < -0.3 is 0 Å². The summed E-state index contributed by atoms with van der Waals surface area (Å²) in [6.45, 7) is 16.0. The van der Waals surface area contributed by atoms with Crippen molar-refractivity contribution < 1.29 is 0 Å². The van der Waals surface area contributed by atoms with E-state index in [0.29, 0.717) is 0 Å². The first kappa shape index (κ1) is 16.7. The fraction of sp³-hybridized carbons (Fsp3) is 0.300. The lowest BCUT2D eigenvalue weighted by Gasteiger charge is -2.42. The van der Waals surface area contributed by atoms with Crippen LogP contribution in [0.3, 0.4) is 0 Å². The molecule has 120 valence electrons. The third kappa shape index (κ3) is 2.29. The molecule has 0 radical (unpaired) electrons. The number of hydrogen-bond acceptors (Lipinski definition) is 0. The molecule has 2 aromatic rings. The molecule has 0 fully saturated rings. The van der Waals surface area contributed by atoms with E-state index < -0.39 is 22.3 Å². The Balaban J connectivity index is 2.39. The summed E-state index contributed by atoms with van der Waals surface area (Å²) in [7, 11) is -4.16. The van der Waals surface area contributed by atoms with Crippen LogP contribution in [0.15, 0.2) is 60.7 Å². The van der Waals surface area contributed by atoms with Gasteiger partial charge in [-0.05, 0) is 11.1 Å². The van der Waals surface area contributed by atoms with Gasteiger partial charge in [-0.1, -0.05) is 110 Å². The van der Waals surface area contributed by atoms with Crippen LogP contribution in [-0.4, -0.2) is 22.3 Å². The van der Waals surface area contributed by atoms with Gasteiger partial charge in [-0.2, -0.15) is 0 Å². The molecule has 3 rings (SSSR count). The van der Waals surface area contributed by atoms with Crippen LogP contribution >= 0.6 is 0 Å². The summed E-state index contributed by atoms with van der Waals surface area (Å²) in [5, 5.41) is 3.52. The zero-order valence-corrected chi connectivity index (χ0v) is 18.3. The highest BCUT2D eigenvalue weighted by atomic mass is 29.6. The first-order valence-corrected chi connectivity index (χ1v) is 19.6. The van der Waals surface area contributed by atoms with Crippen LogP contribution in [0.5, 0.6) is 0 Å². The molecule has 0 saturated heterocycles. The van der Waals surface area contributed by atoms with Gasteiger partial charge in [-0.3, -0.25) is 0 Å². The molecular weight excluding hydrogens is 324 g/mol. The van der Waals surface area contributed by atoms with Crippen LogP contribution in [0.4, 0.5) is 0 Å². The quantitative estimate of drug-likeness (QED) is 0.584. The predicted octanol–water partition coefficient (Wildman–Crippen LogP) is 5.97. The third-order valence-corrected chi connectivity index (χ3v) is 48.3. The van der Waals surface area contributed by atoms with Crippen LogP contribution in [0.25, 0.3) is 10.4 Å². The van der Waals surface area contributed by atoms with Crippen molar-refractivity contribution in [2.24, 2.45) is 0 Å². The molecule has 3 heteroatoms. The lowest BCUT2D eigenvalue weighted by atomic mass is 10.1. The van der Waals surface area contributed by atoms with Crippen LogP contribution in [0, 0.1) is 0 Å². The normalized spacial score (nSPS) is 21.5. The summed E-state index contributed by atoms with van der Waals surface area (Å²) < 4.78 is 0. The van der Waals surface area contributed by atoms with E-state index in [1.807, 2.05) is 0 Å². The van der Waals surface area contributed by atoms with Crippen molar-refractivity contribution in [3.63, 3.8) is 0 Å². The maximum Gasteiger partial charge on any atom is 0.0724 e. The molecule has 1 aliphatic rings. The number of hydrogen-bond donors (Lipinski definition) is 0. The van der Waals surface area contributed by atoms with Crippen molar-refractivity contribution in [1.82, 2.24) is 0 Å². The summed E-state index contributed by atoms with van der Waals surface area (Å²) in [6.07, 6.45) is 0. The van der Waals surface area contributed by atoms with Gasteiger partial charge in [-0.15, -0.1) is 0 Å². The predicted molar refractivity (Wildman–Crippen MR) is 112 cm³/mol. The summed E-state index contributed by atoms with van der Waals surface area (Å²) in [5.41, 5.74) is 2.98. The molecular formula is C20H28Si3. The van der Waals surface area contributed by atoms with E-state index in [2.05, 4.69) is 99.9 Å². The molecule has 0 bridgehead atoms. The van der Waals surface area contributed by atoms with Gasteiger partial charge in [0.2, 0.25) is 0 Å². The van der Waals surface area contributed by atoms with Crippen molar-refractivity contribution in [1.29, 1.82) is 0 Å². The molecule has 0 saturated carbocycles. The minimum Gasteiger partial charge on any atom is -0.0725 e. The average molecular weight is 353 g/mol. The number of benzene rings is 2. The Kier molecular flexibility index (Phi) is 3.94. The van der Waals surface area contributed by atoms with Crippen LogP contribution in [0.2, 0.25) is 39.3 Å². The highest BCUT2D eigenvalue weighted by Gasteiger charge is 2.61. The monoisotopic (exact) mass is 352 g/mol. The smallest absolute Gasteiger partial charge is 0.0724 e. The van der Waals surface area contributed by atoms with E-state index in [4.69, 9.17) is 0 Å². The molecule has 23 heavy (non-hydrogen) atoms. The zero-order chi connectivity index (χ0) is 16.9. The second-order valence-corrected chi connectivity index (χ2v) is 35.6. The Labute approximate surface area is 143 Å². The van der Waals surface area contributed by atoms with Gasteiger partial charge in [0.25, 0.3) is 0 Å². The van der Waals surface area contributed by atoms with Crippen LogP contribution < -0.4 is 0 Å². The zero-order valence-electron chi connectivity index (χ0n) is 15.3. The van der Waals surface area contributed by atoms with E-state index in [0.717, 1.165) is 0 Å². The molecule has 0 aromatic heterocycles. The second-order valence-electron chi connectivity index (χ2n) is 8.36. The lowest BCUT2D eigenvalue weighted by Crippen LogP contribution is -2.66. The topological polar surface area (TPSA) is 0 Å². The van der Waals surface area contributed by atoms with Crippen molar-refractivity contribution >= 4 is 32.7 Å². The standard InChI is InChI=1S/C20H28Si3/c1-21(2)19(17-13-9-7-10-14-17)20(18-15-11-8-12-16-18)22(3,4)23(21,5)6/h7-16H,1-6H3. The molecule has 0 amide bonds. The van der Waals surface area contributed by atoms with Crippen molar-refractivity contribution in [2.75, 3.05) is 0 Å². The third-order valence-electron chi connectivity index (χ3n) is 6.75. The fourth-order valence-electron chi connectivity index (χ4n) is 4.25. The van der Waals surface area contributed by atoms with Crippen molar-refractivity contribution in [2.45, 2.75) is 39.3 Å². The minimum absolute atomic E-state index is 1.28. The van der Waals surface area contributed by atoms with E-state index >= 15 is 0 Å². The van der Waals surface area contributed by atoms with Gasteiger partial charge in [0.15, 0.2) is 0 Å². The highest BCUT2D eigenvalue weighted by molar-refractivity contribution is 7.78. The molecule has 1 aliphatic heterocycles. The highest BCUT2D eigenvalue weighted by Crippen LogP contribution is 2.53. The molecule has 0 N–H and O–H groups in total. The van der Waals surface area contributed by atoms with E-state index in [1.165, 1.54) is 11.1 Å². The Bertz CT molecular complexity index is 677. The lowest BCUT2D eigenvalue weighted by molar-refractivity contribution is 1.61. The molecule has 0 aliphatic carbocycles. The maximum absolute atomic E-state index is 2.68. The van der Waals surface area contributed by atoms with Gasteiger partial charge in [0, 0.05) is 7.11 Å². The second kappa shape index (κ2) is 5.43. The van der Waals surface area contributed by atoms with Gasteiger partial charge >= 0.3 is 0 Å². The maximum atomic E-state index is 2.68. The molecule has 0 unspecified atom stereocenters. The molecule has 0 nitrogen and oxygen atoms in total. The van der Waals surface area contributed by atoms with Crippen LogP contribution in [0.1, 0.15) is 11.1 Å². The van der Waals surface area contributed by atoms with E-state index in [9.17, 15) is 0 Å². The molecule has 0 atom stereocenters. The Morgan fingerprint density at radius 1 is 0.478 bits per heavy atom. The first-order chi connectivity index (χ1) is 10.7. The Hall–Kier alpha value is -1.17. The first-order valence-electron chi connectivity index (χ1n) is 8.57. The van der Waals surface area contributed by atoms with Gasteiger partial charge in [0.05, 0.1) is 15.2 Å². The summed E-state index contributed by atoms with van der Waals surface area (Å²) in [4.78, 5) is 0. The Morgan fingerprint density at radius 2 is 0.783 bits per heavy atom. The summed E-state index contributed by atoms with van der Waals surface area (Å²) in [6, 6.07) is 22.5.